The summed E-state index contributed by atoms with van der Waals surface area (Å²) in [6, 6.07) is 7.35. The number of methoxy groups -OCH3 is 1. The van der Waals surface area contributed by atoms with Crippen molar-refractivity contribution in [3.63, 3.8) is 0 Å². The maximum Gasteiger partial charge on any atom is 0.222 e. The lowest BCUT2D eigenvalue weighted by Gasteiger charge is -2.32. The zero-order valence-electron chi connectivity index (χ0n) is 14.8. The molecule has 2 heterocycles. The normalized spacial score (nSPS) is 17.7. The van der Waals surface area contributed by atoms with Gasteiger partial charge in [-0.1, -0.05) is 11.6 Å². The fourth-order valence-corrected chi connectivity index (χ4v) is 3.31. The van der Waals surface area contributed by atoms with Crippen molar-refractivity contribution in [1.29, 1.82) is 0 Å². The van der Waals surface area contributed by atoms with Gasteiger partial charge in [0.15, 0.2) is 5.82 Å². The molecule has 0 spiro atoms. The lowest BCUT2D eigenvalue weighted by Crippen LogP contribution is -2.41. The highest BCUT2D eigenvalue weighted by atomic mass is 35.5. The number of hydrogen-bond acceptors (Lipinski definition) is 5. The third-order valence-corrected chi connectivity index (χ3v) is 4.80. The van der Waals surface area contributed by atoms with Crippen LogP contribution in [0.5, 0.6) is 0 Å². The Bertz CT molecular complexity index is 747. The molecule has 1 aromatic carbocycles. The van der Waals surface area contributed by atoms with Crippen LogP contribution in [0.1, 0.15) is 24.6 Å². The number of halogens is 1. The second-order valence-electron chi connectivity index (χ2n) is 6.32. The topological polar surface area (TPSA) is 80.5 Å². The molecule has 1 atom stereocenters. The summed E-state index contributed by atoms with van der Waals surface area (Å²) in [5.74, 6) is 1.64. The number of carbonyl (C=O) groups is 1. The van der Waals surface area contributed by atoms with Gasteiger partial charge in [-0.25, -0.2) is 9.67 Å². The second-order valence-corrected chi connectivity index (χ2v) is 6.75. The molecule has 1 amide bonds. The lowest BCUT2D eigenvalue weighted by atomic mass is 9.96. The van der Waals surface area contributed by atoms with E-state index in [1.54, 1.807) is 23.9 Å². The van der Waals surface area contributed by atoms with E-state index in [0.717, 1.165) is 17.8 Å². The van der Waals surface area contributed by atoms with E-state index >= 15 is 0 Å². The molecule has 7 nitrogen and oxygen atoms in total. The number of carbonyl (C=O) groups excluding carboxylic acids is 1. The maximum absolute atomic E-state index is 12.1. The van der Waals surface area contributed by atoms with Crippen molar-refractivity contribution in [2.45, 2.75) is 25.3 Å². The van der Waals surface area contributed by atoms with Crippen LogP contribution in [0.4, 0.5) is 0 Å². The summed E-state index contributed by atoms with van der Waals surface area (Å²) >= 11 is 5.95. The predicted octanol–water partition coefficient (Wildman–Crippen LogP) is 1.94. The molecule has 1 aromatic heterocycles. The minimum absolute atomic E-state index is 0.0184. The van der Waals surface area contributed by atoms with E-state index in [-0.39, 0.29) is 18.4 Å². The highest BCUT2D eigenvalue weighted by Gasteiger charge is 2.30. The number of nitrogens with zero attached hydrogens (tertiary/aromatic N) is 4. The lowest BCUT2D eigenvalue weighted by molar-refractivity contribution is -0.134. The average molecular weight is 379 g/mol. The molecule has 1 aliphatic heterocycles. The molecule has 1 saturated heterocycles. The van der Waals surface area contributed by atoms with E-state index < -0.39 is 0 Å². The van der Waals surface area contributed by atoms with Gasteiger partial charge < -0.3 is 14.7 Å². The van der Waals surface area contributed by atoms with Gasteiger partial charge in [-0.2, -0.15) is 5.10 Å². The van der Waals surface area contributed by atoms with E-state index in [0.29, 0.717) is 43.5 Å². The van der Waals surface area contributed by atoms with Gasteiger partial charge in [0.2, 0.25) is 5.91 Å². The van der Waals surface area contributed by atoms with Crippen molar-refractivity contribution < 1.29 is 14.6 Å². The van der Waals surface area contributed by atoms with Gasteiger partial charge in [0.05, 0.1) is 19.8 Å². The summed E-state index contributed by atoms with van der Waals surface area (Å²) < 4.78 is 6.85. The van der Waals surface area contributed by atoms with E-state index in [9.17, 15) is 9.90 Å². The van der Waals surface area contributed by atoms with E-state index in [4.69, 9.17) is 21.3 Å². The van der Waals surface area contributed by atoms with Crippen molar-refractivity contribution in [1.82, 2.24) is 19.7 Å². The fourth-order valence-electron chi connectivity index (χ4n) is 3.18. The molecular weight excluding hydrogens is 356 g/mol. The Kier molecular flexibility index (Phi) is 6.24. The number of aromatic nitrogens is 3. The molecule has 0 aliphatic carbocycles. The van der Waals surface area contributed by atoms with Gasteiger partial charge in [0.1, 0.15) is 5.82 Å². The molecule has 1 N–H and O–H groups in total. The number of hydrogen-bond donors (Lipinski definition) is 1. The number of ether oxygens (including phenoxy) is 1. The number of benzene rings is 1. The number of likely N-dealkylation sites (tertiary alicyclic amines) is 1. The average Bonchev–Trinajstić information content (AvgIpc) is 3.06. The largest absolute Gasteiger partial charge is 0.394 e. The standard InChI is InChI=1S/C18H23ClN4O3/c1-26-11-9-22-12-14(4-7-16(22)25)18-20-17(21-23(18)8-10-24)13-2-5-15(19)6-3-13/h2-3,5-6,14,24H,4,7-12H2,1H3/t14-/m1/s1. The highest BCUT2D eigenvalue weighted by molar-refractivity contribution is 6.30. The van der Waals surface area contributed by atoms with Crippen molar-refractivity contribution >= 4 is 17.5 Å². The molecule has 1 fully saturated rings. The minimum atomic E-state index is -0.0184. The van der Waals surface area contributed by atoms with Crippen LogP contribution in [0.15, 0.2) is 24.3 Å². The van der Waals surface area contributed by atoms with Gasteiger partial charge in [0, 0.05) is 43.1 Å². The third kappa shape index (κ3) is 4.23. The maximum atomic E-state index is 12.1. The van der Waals surface area contributed by atoms with Crippen molar-refractivity contribution in [3.05, 3.63) is 35.1 Å². The Morgan fingerprint density at radius 2 is 2.08 bits per heavy atom. The van der Waals surface area contributed by atoms with E-state index in [1.807, 2.05) is 17.0 Å². The fraction of sp³-hybridized carbons (Fsp3) is 0.500. The quantitative estimate of drug-likeness (QED) is 0.796. The molecule has 2 aromatic rings. The van der Waals surface area contributed by atoms with Crippen LogP contribution in [0, 0.1) is 0 Å². The van der Waals surface area contributed by atoms with Crippen LogP contribution in [0.3, 0.4) is 0 Å². The highest BCUT2D eigenvalue weighted by Crippen LogP contribution is 2.28. The van der Waals surface area contributed by atoms with E-state index in [2.05, 4.69) is 5.10 Å². The molecule has 8 heteroatoms. The molecule has 0 unspecified atom stereocenters. The van der Waals surface area contributed by atoms with Crippen LogP contribution in [0.25, 0.3) is 11.4 Å². The zero-order chi connectivity index (χ0) is 18.5. The third-order valence-electron chi connectivity index (χ3n) is 4.55. The van der Waals surface area contributed by atoms with Gasteiger partial charge in [-0.15, -0.1) is 0 Å². The van der Waals surface area contributed by atoms with Gasteiger partial charge in [-0.3, -0.25) is 4.79 Å². The van der Waals surface area contributed by atoms with Crippen LogP contribution in [0.2, 0.25) is 5.02 Å². The zero-order valence-corrected chi connectivity index (χ0v) is 15.5. The first-order chi connectivity index (χ1) is 12.6. The number of aliphatic hydroxyl groups is 1. The number of piperidine rings is 1. The summed E-state index contributed by atoms with van der Waals surface area (Å²) in [4.78, 5) is 18.7. The van der Waals surface area contributed by atoms with Gasteiger partial charge >= 0.3 is 0 Å². The Hall–Kier alpha value is -1.96. The summed E-state index contributed by atoms with van der Waals surface area (Å²) in [5.41, 5.74) is 0.871. The van der Waals surface area contributed by atoms with Crippen molar-refractivity contribution in [2.24, 2.45) is 0 Å². The number of aliphatic hydroxyl groups excluding tert-OH is 1. The molecule has 3 rings (SSSR count). The number of amides is 1. The van der Waals surface area contributed by atoms with E-state index in [1.165, 1.54) is 0 Å². The minimum Gasteiger partial charge on any atom is -0.394 e. The molecule has 0 radical (unpaired) electrons. The Labute approximate surface area is 157 Å². The van der Waals surface area contributed by atoms with Crippen LogP contribution >= 0.6 is 11.6 Å². The first-order valence-electron chi connectivity index (χ1n) is 8.70. The molecule has 1 aliphatic rings. The first-order valence-corrected chi connectivity index (χ1v) is 9.08. The monoisotopic (exact) mass is 378 g/mol. The van der Waals surface area contributed by atoms with Crippen molar-refractivity contribution in [2.75, 3.05) is 33.4 Å². The van der Waals surface area contributed by atoms with Crippen LogP contribution < -0.4 is 0 Å². The molecule has 140 valence electrons. The van der Waals surface area contributed by atoms with Crippen molar-refractivity contribution in [3.8, 4) is 11.4 Å². The smallest absolute Gasteiger partial charge is 0.222 e. The Balaban J connectivity index is 1.85. The molecule has 26 heavy (non-hydrogen) atoms. The summed E-state index contributed by atoms with van der Waals surface area (Å²) in [6.45, 7) is 2.03. The molecule has 0 saturated carbocycles. The predicted molar refractivity (Wildman–Crippen MR) is 98.0 cm³/mol. The van der Waals surface area contributed by atoms with Crippen LogP contribution in [-0.2, 0) is 16.1 Å². The Morgan fingerprint density at radius 3 is 2.77 bits per heavy atom. The Morgan fingerprint density at radius 1 is 1.31 bits per heavy atom. The van der Waals surface area contributed by atoms with Gasteiger partial charge in [-0.05, 0) is 30.7 Å². The summed E-state index contributed by atoms with van der Waals surface area (Å²) in [7, 11) is 1.63. The second kappa shape index (κ2) is 8.62. The SMILES string of the molecule is COCCN1C[C@H](c2nc(-c3ccc(Cl)cc3)nn2CCO)CCC1=O. The van der Waals surface area contributed by atoms with Crippen LogP contribution in [-0.4, -0.2) is 64.1 Å². The number of rotatable bonds is 7. The van der Waals surface area contributed by atoms with Gasteiger partial charge in [0.25, 0.3) is 0 Å². The molecular formula is C18H23ClN4O3. The summed E-state index contributed by atoms with van der Waals surface area (Å²) in [6.07, 6.45) is 1.21. The first kappa shape index (κ1) is 18.8. The summed E-state index contributed by atoms with van der Waals surface area (Å²) in [5, 5.41) is 14.6. The molecule has 0 bridgehead atoms.